The summed E-state index contributed by atoms with van der Waals surface area (Å²) in [6.45, 7) is 3.82. The molecule has 0 aliphatic rings. The van der Waals surface area contributed by atoms with Crippen molar-refractivity contribution in [1.29, 1.82) is 0 Å². The molecule has 9 heteroatoms. The number of ether oxygens (including phenoxy) is 1. The first-order chi connectivity index (χ1) is 13.2. The number of aryl methyl sites for hydroxylation is 1. The van der Waals surface area contributed by atoms with Crippen molar-refractivity contribution >= 4 is 21.7 Å². The fraction of sp³-hybridized carbons (Fsp3) is 0.316. The lowest BCUT2D eigenvalue weighted by Gasteiger charge is -2.18. The summed E-state index contributed by atoms with van der Waals surface area (Å²) < 4.78 is 30.5. The van der Waals surface area contributed by atoms with Gasteiger partial charge in [-0.05, 0) is 44.2 Å². The van der Waals surface area contributed by atoms with E-state index in [0.717, 1.165) is 15.6 Å². The molecular weight excluding hydrogens is 382 g/mol. The second kappa shape index (κ2) is 9.05. The van der Waals surface area contributed by atoms with Crippen LogP contribution in [-0.2, 0) is 14.9 Å². The molecule has 2 N–H and O–H groups in total. The lowest BCUT2D eigenvalue weighted by molar-refractivity contribution is -0.0258. The number of nitrogens with zero attached hydrogens (tertiary/aromatic N) is 1. The van der Waals surface area contributed by atoms with E-state index < -0.39 is 16.1 Å². The Kier molecular flexibility index (Phi) is 7.00. The minimum Gasteiger partial charge on any atom is -0.496 e. The van der Waals surface area contributed by atoms with Gasteiger partial charge in [0.25, 0.3) is 10.0 Å². The highest BCUT2D eigenvalue weighted by atomic mass is 32.2. The molecule has 0 aliphatic carbocycles. The number of carbonyl (C=O) groups excluding carboxylic acids is 1. The van der Waals surface area contributed by atoms with Gasteiger partial charge in [0.05, 0.1) is 25.2 Å². The largest absolute Gasteiger partial charge is 0.496 e. The van der Waals surface area contributed by atoms with Gasteiger partial charge in [-0.1, -0.05) is 22.2 Å². The molecule has 0 heterocycles. The minimum atomic E-state index is -3.73. The number of carbonyl (C=O) groups is 1. The zero-order valence-electron chi connectivity index (χ0n) is 16.5. The molecule has 0 aliphatic heterocycles. The molecule has 0 saturated heterocycles. The van der Waals surface area contributed by atoms with Gasteiger partial charge >= 0.3 is 6.03 Å². The summed E-state index contributed by atoms with van der Waals surface area (Å²) in [5.74, 6) is 0.690. The summed E-state index contributed by atoms with van der Waals surface area (Å²) in [4.78, 5) is 17.1. The Morgan fingerprint density at radius 2 is 1.75 bits per heavy atom. The van der Waals surface area contributed by atoms with Crippen LogP contribution in [0.1, 0.15) is 24.1 Å². The van der Waals surface area contributed by atoms with Crippen molar-refractivity contribution < 1.29 is 22.8 Å². The Bertz CT molecular complexity index is 929. The number of sulfonamides is 1. The van der Waals surface area contributed by atoms with E-state index in [1.807, 2.05) is 32.0 Å². The number of benzene rings is 2. The van der Waals surface area contributed by atoms with Crippen molar-refractivity contribution in [3.8, 4) is 5.75 Å². The van der Waals surface area contributed by atoms with E-state index in [9.17, 15) is 13.2 Å². The summed E-state index contributed by atoms with van der Waals surface area (Å²) in [6, 6.07) is 10.9. The van der Waals surface area contributed by atoms with E-state index in [1.54, 1.807) is 7.11 Å². The molecule has 0 fully saturated rings. The molecule has 0 radical (unpaired) electrons. The van der Waals surface area contributed by atoms with Gasteiger partial charge in [0.2, 0.25) is 0 Å². The standard InChI is InChI=1S/C19H25N3O5S/c1-13-6-11-18(26-4)17(12-13)14(2)20-19(23)21-15-7-9-16(10-8-15)28(24,25)22(3)27-5/h6-12,14H,1-5H3,(H2,20,21,23). The molecule has 2 rings (SSSR count). The van der Waals surface area contributed by atoms with E-state index >= 15 is 0 Å². The Hall–Kier alpha value is -2.62. The second-order valence-corrected chi connectivity index (χ2v) is 8.12. The maximum Gasteiger partial charge on any atom is 0.319 e. The molecule has 152 valence electrons. The Balaban J connectivity index is 2.07. The SMILES string of the molecule is COc1ccc(C)cc1C(C)NC(=O)Nc1ccc(S(=O)(=O)N(C)OC)cc1. The first-order valence-electron chi connectivity index (χ1n) is 8.54. The summed E-state index contributed by atoms with van der Waals surface area (Å²) >= 11 is 0. The van der Waals surface area contributed by atoms with Crippen LogP contribution in [0.15, 0.2) is 47.4 Å². The second-order valence-electron chi connectivity index (χ2n) is 6.19. The summed E-state index contributed by atoms with van der Waals surface area (Å²) in [7, 11) is 0.416. The highest BCUT2D eigenvalue weighted by molar-refractivity contribution is 7.89. The zero-order chi connectivity index (χ0) is 20.9. The summed E-state index contributed by atoms with van der Waals surface area (Å²) in [6.07, 6.45) is 0. The Labute approximate surface area is 165 Å². The third-order valence-electron chi connectivity index (χ3n) is 4.20. The lowest BCUT2D eigenvalue weighted by Crippen LogP contribution is -2.31. The highest BCUT2D eigenvalue weighted by Gasteiger charge is 2.20. The van der Waals surface area contributed by atoms with Crippen LogP contribution in [0.3, 0.4) is 0 Å². The number of rotatable bonds is 7. The third-order valence-corrected chi connectivity index (χ3v) is 5.90. The number of hydrogen-bond donors (Lipinski definition) is 2. The van der Waals surface area contributed by atoms with Crippen LogP contribution in [0.25, 0.3) is 0 Å². The molecule has 2 amide bonds. The monoisotopic (exact) mass is 407 g/mol. The van der Waals surface area contributed by atoms with E-state index in [-0.39, 0.29) is 10.9 Å². The van der Waals surface area contributed by atoms with Gasteiger partial charge in [0, 0.05) is 18.3 Å². The molecule has 8 nitrogen and oxygen atoms in total. The molecule has 1 unspecified atom stereocenters. The normalized spacial score (nSPS) is 12.5. The van der Waals surface area contributed by atoms with Gasteiger partial charge in [-0.15, -0.1) is 0 Å². The summed E-state index contributed by atoms with van der Waals surface area (Å²) in [5, 5.41) is 5.53. The zero-order valence-corrected chi connectivity index (χ0v) is 17.3. The molecule has 28 heavy (non-hydrogen) atoms. The average Bonchev–Trinajstić information content (AvgIpc) is 2.67. The first-order valence-corrected chi connectivity index (χ1v) is 9.98. The maximum atomic E-state index is 12.3. The molecule has 0 bridgehead atoms. The smallest absolute Gasteiger partial charge is 0.319 e. The van der Waals surface area contributed by atoms with Gasteiger partial charge in [0.1, 0.15) is 5.75 Å². The van der Waals surface area contributed by atoms with Gasteiger partial charge in [-0.2, -0.15) is 0 Å². The molecule has 0 aromatic heterocycles. The van der Waals surface area contributed by atoms with E-state index in [0.29, 0.717) is 11.4 Å². The fourth-order valence-corrected chi connectivity index (χ4v) is 3.56. The fourth-order valence-electron chi connectivity index (χ4n) is 2.59. The van der Waals surface area contributed by atoms with Crippen LogP contribution in [0.2, 0.25) is 0 Å². The number of hydroxylamine groups is 1. The third kappa shape index (κ3) is 5.00. The Morgan fingerprint density at radius 3 is 2.32 bits per heavy atom. The van der Waals surface area contributed by atoms with Crippen molar-refractivity contribution in [2.45, 2.75) is 24.8 Å². The van der Waals surface area contributed by atoms with Crippen molar-refractivity contribution in [3.63, 3.8) is 0 Å². The van der Waals surface area contributed by atoms with Crippen LogP contribution in [0.5, 0.6) is 5.75 Å². The maximum absolute atomic E-state index is 12.3. The number of methoxy groups -OCH3 is 1. The predicted octanol–water partition coefficient (Wildman–Crippen LogP) is 3.07. The lowest BCUT2D eigenvalue weighted by atomic mass is 10.0. The van der Waals surface area contributed by atoms with Gasteiger partial charge in [-0.25, -0.2) is 13.2 Å². The van der Waals surface area contributed by atoms with Crippen molar-refractivity contribution in [1.82, 2.24) is 9.79 Å². The Morgan fingerprint density at radius 1 is 1.11 bits per heavy atom. The van der Waals surface area contributed by atoms with Crippen molar-refractivity contribution in [2.24, 2.45) is 0 Å². The number of urea groups is 1. The molecule has 2 aromatic carbocycles. The van der Waals surface area contributed by atoms with Crippen LogP contribution in [0, 0.1) is 6.92 Å². The van der Waals surface area contributed by atoms with Crippen LogP contribution < -0.4 is 15.4 Å². The summed E-state index contributed by atoms with van der Waals surface area (Å²) in [5.41, 5.74) is 2.38. The molecule has 0 spiro atoms. The van der Waals surface area contributed by atoms with Crippen molar-refractivity contribution in [3.05, 3.63) is 53.6 Å². The highest BCUT2D eigenvalue weighted by Crippen LogP contribution is 2.26. The van der Waals surface area contributed by atoms with Gasteiger partial charge in [-0.3, -0.25) is 4.84 Å². The predicted molar refractivity (Wildman–Crippen MR) is 107 cm³/mol. The topological polar surface area (TPSA) is 97.0 Å². The van der Waals surface area contributed by atoms with E-state index in [1.165, 1.54) is 38.4 Å². The quantitative estimate of drug-likeness (QED) is 0.688. The van der Waals surface area contributed by atoms with E-state index in [2.05, 4.69) is 10.6 Å². The average molecular weight is 407 g/mol. The van der Waals surface area contributed by atoms with Gasteiger partial charge < -0.3 is 15.4 Å². The molecular formula is C19H25N3O5S. The first kappa shape index (κ1) is 21.7. The number of amides is 2. The number of anilines is 1. The minimum absolute atomic E-state index is 0.0562. The molecule has 1 atom stereocenters. The molecule has 0 saturated carbocycles. The van der Waals surface area contributed by atoms with Crippen LogP contribution in [0.4, 0.5) is 10.5 Å². The van der Waals surface area contributed by atoms with Crippen molar-refractivity contribution in [2.75, 3.05) is 26.6 Å². The van der Waals surface area contributed by atoms with Gasteiger partial charge in [0.15, 0.2) is 0 Å². The van der Waals surface area contributed by atoms with E-state index in [4.69, 9.17) is 9.57 Å². The van der Waals surface area contributed by atoms with Crippen LogP contribution in [-0.4, -0.2) is 40.2 Å². The molecule has 2 aromatic rings. The number of nitrogens with one attached hydrogen (secondary N) is 2. The van der Waals surface area contributed by atoms with Crippen LogP contribution >= 0.6 is 0 Å². The number of hydrogen-bond acceptors (Lipinski definition) is 5.